The van der Waals surface area contributed by atoms with E-state index in [0.717, 1.165) is 5.56 Å². The summed E-state index contributed by atoms with van der Waals surface area (Å²) in [6, 6.07) is 6.90. The van der Waals surface area contributed by atoms with Crippen molar-refractivity contribution in [2.45, 2.75) is 20.3 Å². The Balaban J connectivity index is 0.00000154. The molecule has 4 nitrogen and oxygen atoms in total. The highest BCUT2D eigenvalue weighted by atomic mass is 35.5. The Hall–Kier alpha value is -1.55. The largest absolute Gasteiger partial charge is 0.468 e. The smallest absolute Gasteiger partial charge is 0.320 e. The second-order valence-corrected chi connectivity index (χ2v) is 3.87. The van der Waals surface area contributed by atoms with Crippen molar-refractivity contribution < 1.29 is 19.1 Å². The molecule has 1 rings (SSSR count). The van der Waals surface area contributed by atoms with Gasteiger partial charge in [0.2, 0.25) is 0 Å². The van der Waals surface area contributed by atoms with Gasteiger partial charge in [-0.05, 0) is 24.1 Å². The Kier molecular flexibility index (Phi) is 8.62. The number of hydrogen-bond donors (Lipinski definition) is 0. The summed E-state index contributed by atoms with van der Waals surface area (Å²) in [5, 5.41) is 0.599. The van der Waals surface area contributed by atoms with Gasteiger partial charge in [0.1, 0.15) is 0 Å². The normalized spacial score (nSPS) is 9.37. The number of hydrogen-bond acceptors (Lipinski definition) is 4. The lowest BCUT2D eigenvalue weighted by Gasteiger charge is -2.12. The molecule has 0 radical (unpaired) electrons. The van der Waals surface area contributed by atoms with Crippen LogP contribution in [0.4, 0.5) is 0 Å². The molecule has 0 aliphatic rings. The van der Waals surface area contributed by atoms with Crippen LogP contribution in [0.1, 0.15) is 19.4 Å². The first-order chi connectivity index (χ1) is 9.08. The van der Waals surface area contributed by atoms with E-state index in [1.165, 1.54) is 14.2 Å². The molecule has 0 N–H and O–H groups in total. The summed E-state index contributed by atoms with van der Waals surface area (Å²) in [5.74, 6) is -2.15. The average molecular weight is 287 g/mol. The third-order valence-electron chi connectivity index (χ3n) is 2.32. The minimum absolute atomic E-state index is 0.233. The molecule has 0 amide bonds. The zero-order valence-corrected chi connectivity index (χ0v) is 12.4. The van der Waals surface area contributed by atoms with Crippen molar-refractivity contribution >= 4 is 23.5 Å². The molecule has 0 saturated heterocycles. The Labute approximate surface area is 118 Å². The summed E-state index contributed by atoms with van der Waals surface area (Å²) in [6.07, 6.45) is 0.233. The maximum Gasteiger partial charge on any atom is 0.320 e. The van der Waals surface area contributed by atoms with Crippen molar-refractivity contribution in [2.75, 3.05) is 14.2 Å². The van der Waals surface area contributed by atoms with Gasteiger partial charge in [0.05, 0.1) is 14.2 Å². The average Bonchev–Trinajstić information content (AvgIpc) is 2.47. The summed E-state index contributed by atoms with van der Waals surface area (Å²) < 4.78 is 9.13. The molecule has 0 aromatic heterocycles. The van der Waals surface area contributed by atoms with E-state index in [0.29, 0.717) is 5.02 Å². The molecule has 0 atom stereocenters. The van der Waals surface area contributed by atoms with Crippen LogP contribution in [0.2, 0.25) is 5.02 Å². The molecule has 1 aromatic rings. The van der Waals surface area contributed by atoms with Gasteiger partial charge in [-0.15, -0.1) is 0 Å². The van der Waals surface area contributed by atoms with Crippen LogP contribution >= 0.6 is 11.6 Å². The first-order valence-corrected chi connectivity index (χ1v) is 6.36. The van der Waals surface area contributed by atoms with Crippen LogP contribution in [0.3, 0.4) is 0 Å². The molecule has 5 heteroatoms. The van der Waals surface area contributed by atoms with Gasteiger partial charge in [-0.1, -0.05) is 37.6 Å². The number of methoxy groups -OCH3 is 2. The molecular weight excluding hydrogens is 268 g/mol. The van der Waals surface area contributed by atoms with Gasteiger partial charge in [0.25, 0.3) is 0 Å². The second-order valence-electron chi connectivity index (χ2n) is 3.43. The predicted molar refractivity (Wildman–Crippen MR) is 74.0 cm³/mol. The number of halogens is 1. The summed E-state index contributed by atoms with van der Waals surface area (Å²) in [7, 11) is 2.47. The number of carbonyl (C=O) groups excluding carboxylic acids is 2. The zero-order chi connectivity index (χ0) is 14.8. The Morgan fingerprint density at radius 2 is 1.47 bits per heavy atom. The van der Waals surface area contributed by atoms with Crippen molar-refractivity contribution in [3.8, 4) is 0 Å². The summed E-state index contributed by atoms with van der Waals surface area (Å²) in [5.41, 5.74) is 0.815. The first kappa shape index (κ1) is 17.4. The van der Waals surface area contributed by atoms with Crippen LogP contribution in [-0.4, -0.2) is 26.2 Å². The zero-order valence-electron chi connectivity index (χ0n) is 11.6. The number of benzene rings is 1. The minimum Gasteiger partial charge on any atom is -0.468 e. The van der Waals surface area contributed by atoms with Crippen LogP contribution < -0.4 is 0 Å². The Morgan fingerprint density at radius 3 is 1.84 bits per heavy atom. The third kappa shape index (κ3) is 5.75. The van der Waals surface area contributed by atoms with Crippen molar-refractivity contribution in [3.63, 3.8) is 0 Å². The monoisotopic (exact) mass is 286 g/mol. The molecule has 0 aliphatic carbocycles. The highest BCUT2D eigenvalue weighted by Gasteiger charge is 2.28. The number of carbonyl (C=O) groups is 2. The highest BCUT2D eigenvalue weighted by Crippen LogP contribution is 2.15. The molecule has 0 fully saturated rings. The lowest BCUT2D eigenvalue weighted by molar-refractivity contribution is -0.158. The quantitative estimate of drug-likeness (QED) is 0.631. The van der Waals surface area contributed by atoms with Crippen LogP contribution in [0.5, 0.6) is 0 Å². The van der Waals surface area contributed by atoms with Crippen LogP contribution in [0.25, 0.3) is 0 Å². The van der Waals surface area contributed by atoms with Gasteiger partial charge >= 0.3 is 11.9 Å². The fourth-order valence-electron chi connectivity index (χ4n) is 1.40. The van der Waals surface area contributed by atoms with E-state index in [1.807, 2.05) is 13.8 Å². The molecule has 0 saturated carbocycles. The highest BCUT2D eigenvalue weighted by molar-refractivity contribution is 6.30. The molecule has 0 spiro atoms. The Bertz CT molecular complexity index is 384. The van der Waals surface area contributed by atoms with Crippen molar-refractivity contribution in [3.05, 3.63) is 34.9 Å². The maximum atomic E-state index is 11.4. The molecule has 0 unspecified atom stereocenters. The molecule has 1 aromatic carbocycles. The van der Waals surface area contributed by atoms with E-state index in [1.54, 1.807) is 24.3 Å². The maximum absolute atomic E-state index is 11.4. The van der Waals surface area contributed by atoms with Crippen LogP contribution in [-0.2, 0) is 25.5 Å². The molecule has 19 heavy (non-hydrogen) atoms. The number of ether oxygens (including phenoxy) is 2. The van der Waals surface area contributed by atoms with Crippen molar-refractivity contribution in [1.82, 2.24) is 0 Å². The first-order valence-electron chi connectivity index (χ1n) is 5.98. The van der Waals surface area contributed by atoms with Gasteiger partial charge in [-0.3, -0.25) is 9.59 Å². The number of esters is 2. The fraction of sp³-hybridized carbons (Fsp3) is 0.429. The van der Waals surface area contributed by atoms with E-state index in [-0.39, 0.29) is 6.42 Å². The SMILES string of the molecule is CC.COC(=O)C(Cc1ccc(Cl)cc1)C(=O)OC. The number of rotatable bonds is 4. The fourth-order valence-corrected chi connectivity index (χ4v) is 1.53. The standard InChI is InChI=1S/C12H13ClO4.C2H6/c1-16-11(14)10(12(15)17-2)7-8-3-5-9(13)6-4-8;1-2/h3-6,10H,7H2,1-2H3;1-2H3. The summed E-state index contributed by atoms with van der Waals surface area (Å²) >= 11 is 5.74. The molecule has 0 heterocycles. The van der Waals surface area contributed by atoms with E-state index in [2.05, 4.69) is 9.47 Å². The predicted octanol–water partition coefficient (Wildman–Crippen LogP) is 2.87. The molecule has 0 aliphatic heterocycles. The third-order valence-corrected chi connectivity index (χ3v) is 2.58. The van der Waals surface area contributed by atoms with Gasteiger partial charge in [-0.25, -0.2) is 0 Å². The van der Waals surface area contributed by atoms with Crippen LogP contribution in [0, 0.1) is 5.92 Å². The minimum atomic E-state index is -0.939. The topological polar surface area (TPSA) is 52.6 Å². The van der Waals surface area contributed by atoms with E-state index >= 15 is 0 Å². The second kappa shape index (κ2) is 9.39. The van der Waals surface area contributed by atoms with E-state index in [9.17, 15) is 9.59 Å². The van der Waals surface area contributed by atoms with Crippen LogP contribution in [0.15, 0.2) is 24.3 Å². The molecule has 106 valence electrons. The summed E-state index contributed by atoms with van der Waals surface area (Å²) in [6.45, 7) is 4.00. The summed E-state index contributed by atoms with van der Waals surface area (Å²) in [4.78, 5) is 22.9. The van der Waals surface area contributed by atoms with Gasteiger partial charge in [0, 0.05) is 5.02 Å². The molecule has 0 bridgehead atoms. The van der Waals surface area contributed by atoms with E-state index in [4.69, 9.17) is 11.6 Å². The Morgan fingerprint density at radius 1 is 1.05 bits per heavy atom. The van der Waals surface area contributed by atoms with Gasteiger partial charge < -0.3 is 9.47 Å². The van der Waals surface area contributed by atoms with Gasteiger partial charge in [0.15, 0.2) is 5.92 Å². The van der Waals surface area contributed by atoms with Gasteiger partial charge in [-0.2, -0.15) is 0 Å². The lowest BCUT2D eigenvalue weighted by atomic mass is 9.99. The van der Waals surface area contributed by atoms with Crippen molar-refractivity contribution in [2.24, 2.45) is 5.92 Å². The van der Waals surface area contributed by atoms with E-state index < -0.39 is 17.9 Å². The lowest BCUT2D eigenvalue weighted by Crippen LogP contribution is -2.28. The van der Waals surface area contributed by atoms with Crippen molar-refractivity contribution in [1.29, 1.82) is 0 Å². The molecular formula is C14H19ClO4.